The molecule has 2 heterocycles. The van der Waals surface area contributed by atoms with Crippen molar-refractivity contribution in [2.75, 3.05) is 13.1 Å². The van der Waals surface area contributed by atoms with Crippen molar-refractivity contribution in [1.82, 2.24) is 25.2 Å². The summed E-state index contributed by atoms with van der Waals surface area (Å²) in [5.41, 5.74) is 2.18. The molecule has 8 heteroatoms. The molecule has 0 radical (unpaired) electrons. The first-order valence-electron chi connectivity index (χ1n) is 9.64. The first-order valence-corrected chi connectivity index (χ1v) is 9.64. The summed E-state index contributed by atoms with van der Waals surface area (Å²) >= 11 is 0. The lowest BCUT2D eigenvalue weighted by atomic mass is 10.2. The maximum absolute atomic E-state index is 5.59. The number of nitrogens with zero attached hydrogens (tertiary/aromatic N) is 4. The Morgan fingerprint density at radius 2 is 1.97 bits per heavy atom. The van der Waals surface area contributed by atoms with Gasteiger partial charge in [0.2, 0.25) is 5.89 Å². The molecule has 0 aliphatic heterocycles. The molecule has 0 spiro atoms. The molecule has 0 saturated heterocycles. The van der Waals surface area contributed by atoms with Gasteiger partial charge in [0, 0.05) is 38.4 Å². The molecular formula is C21H29IN6O. The minimum atomic E-state index is 0. The second-order valence-electron chi connectivity index (χ2n) is 6.58. The first kappa shape index (κ1) is 22.9. The van der Waals surface area contributed by atoms with Crippen LogP contribution in [-0.2, 0) is 19.5 Å². The number of imidazole rings is 1. The number of nitrogens with one attached hydrogen (secondary N) is 2. The monoisotopic (exact) mass is 508 g/mol. The van der Waals surface area contributed by atoms with Crippen LogP contribution in [0.15, 0.2) is 52.1 Å². The van der Waals surface area contributed by atoms with Crippen LogP contribution in [-0.4, -0.2) is 33.6 Å². The second-order valence-corrected chi connectivity index (χ2v) is 6.58. The van der Waals surface area contributed by atoms with Gasteiger partial charge in [-0.2, -0.15) is 0 Å². The summed E-state index contributed by atoms with van der Waals surface area (Å²) in [6.45, 7) is 8.66. The smallest absolute Gasteiger partial charge is 0.216 e. The maximum atomic E-state index is 5.59. The molecule has 0 saturated carbocycles. The van der Waals surface area contributed by atoms with Crippen LogP contribution in [0.4, 0.5) is 0 Å². The van der Waals surface area contributed by atoms with E-state index >= 15 is 0 Å². The van der Waals surface area contributed by atoms with Crippen molar-refractivity contribution in [2.45, 2.75) is 40.3 Å². The molecule has 0 atom stereocenters. The molecule has 1 aromatic carbocycles. The van der Waals surface area contributed by atoms with E-state index in [4.69, 9.17) is 4.42 Å². The molecule has 2 N–H and O–H groups in total. The van der Waals surface area contributed by atoms with Crippen molar-refractivity contribution in [3.05, 3.63) is 71.5 Å². The van der Waals surface area contributed by atoms with E-state index in [9.17, 15) is 0 Å². The Morgan fingerprint density at radius 3 is 2.66 bits per heavy atom. The Balaban J connectivity index is 0.00000300. The Kier molecular flexibility index (Phi) is 9.17. The molecule has 156 valence electrons. The van der Waals surface area contributed by atoms with Gasteiger partial charge in [0.15, 0.2) is 5.96 Å². The zero-order valence-electron chi connectivity index (χ0n) is 17.2. The summed E-state index contributed by atoms with van der Waals surface area (Å²) in [6, 6.07) is 10.4. The number of rotatable bonds is 8. The fourth-order valence-corrected chi connectivity index (χ4v) is 2.88. The number of benzene rings is 1. The van der Waals surface area contributed by atoms with Gasteiger partial charge in [-0.3, -0.25) is 0 Å². The molecule has 0 amide bonds. The van der Waals surface area contributed by atoms with Crippen molar-refractivity contribution >= 4 is 29.9 Å². The molecular weight excluding hydrogens is 479 g/mol. The number of hydrogen-bond acceptors (Lipinski definition) is 4. The van der Waals surface area contributed by atoms with E-state index in [0.29, 0.717) is 12.4 Å². The van der Waals surface area contributed by atoms with Gasteiger partial charge in [-0.1, -0.05) is 30.3 Å². The Morgan fingerprint density at radius 1 is 1.17 bits per heavy atom. The van der Waals surface area contributed by atoms with E-state index in [1.54, 1.807) is 0 Å². The molecule has 0 bridgehead atoms. The Bertz CT molecular complexity index is 884. The van der Waals surface area contributed by atoms with E-state index in [0.717, 1.165) is 49.3 Å². The van der Waals surface area contributed by atoms with Gasteiger partial charge in [-0.05, 0) is 26.3 Å². The lowest BCUT2D eigenvalue weighted by Gasteiger charge is -2.12. The number of halogens is 1. The minimum absolute atomic E-state index is 0. The third-order valence-electron chi connectivity index (χ3n) is 4.43. The average Bonchev–Trinajstić information content (AvgIpc) is 3.26. The molecule has 0 unspecified atom stereocenters. The highest BCUT2D eigenvalue weighted by Crippen LogP contribution is 2.09. The Labute approximate surface area is 189 Å². The topological polar surface area (TPSA) is 80.3 Å². The van der Waals surface area contributed by atoms with Gasteiger partial charge in [0.1, 0.15) is 18.1 Å². The Hall–Kier alpha value is -2.36. The standard InChI is InChI=1S/C21H28N6O.HI/c1-4-22-21(25-14-20-26-16(2)17(3)28-20)24-11-10-19-23-12-13-27(19)15-18-8-6-5-7-9-18;/h5-9,12-13H,4,10-11,14-15H2,1-3H3,(H2,22,24,25);1H. The van der Waals surface area contributed by atoms with Crippen LogP contribution in [0, 0.1) is 13.8 Å². The number of aryl methyl sites for hydroxylation is 2. The number of aliphatic imine (C=N–C) groups is 1. The van der Waals surface area contributed by atoms with Gasteiger partial charge >= 0.3 is 0 Å². The summed E-state index contributed by atoms with van der Waals surface area (Å²) in [5, 5.41) is 6.61. The normalized spacial score (nSPS) is 11.2. The number of guanidine groups is 1. The van der Waals surface area contributed by atoms with Crippen LogP contribution in [0.3, 0.4) is 0 Å². The van der Waals surface area contributed by atoms with Crippen molar-refractivity contribution in [1.29, 1.82) is 0 Å². The molecule has 2 aromatic heterocycles. The van der Waals surface area contributed by atoms with Crippen molar-refractivity contribution in [2.24, 2.45) is 4.99 Å². The lowest BCUT2D eigenvalue weighted by Crippen LogP contribution is -2.38. The van der Waals surface area contributed by atoms with Gasteiger partial charge in [-0.15, -0.1) is 24.0 Å². The molecule has 29 heavy (non-hydrogen) atoms. The quantitative estimate of drug-likeness (QED) is 0.277. The van der Waals surface area contributed by atoms with Gasteiger partial charge in [0.05, 0.1) is 5.69 Å². The van der Waals surface area contributed by atoms with Crippen molar-refractivity contribution in [3.63, 3.8) is 0 Å². The zero-order chi connectivity index (χ0) is 19.8. The van der Waals surface area contributed by atoms with Crippen LogP contribution in [0.1, 0.15) is 35.7 Å². The maximum Gasteiger partial charge on any atom is 0.216 e. The van der Waals surface area contributed by atoms with Crippen molar-refractivity contribution < 1.29 is 4.42 Å². The number of aromatic nitrogens is 3. The largest absolute Gasteiger partial charge is 0.444 e. The fraction of sp³-hybridized carbons (Fsp3) is 0.381. The fourth-order valence-electron chi connectivity index (χ4n) is 2.88. The molecule has 3 aromatic rings. The number of oxazole rings is 1. The third-order valence-corrected chi connectivity index (χ3v) is 4.43. The van der Waals surface area contributed by atoms with Crippen molar-refractivity contribution in [3.8, 4) is 0 Å². The van der Waals surface area contributed by atoms with Crippen LogP contribution in [0.5, 0.6) is 0 Å². The molecule has 7 nitrogen and oxygen atoms in total. The first-order chi connectivity index (χ1) is 13.7. The zero-order valence-corrected chi connectivity index (χ0v) is 19.5. The summed E-state index contributed by atoms with van der Waals surface area (Å²) < 4.78 is 7.77. The third kappa shape index (κ3) is 6.88. The molecule has 0 aliphatic carbocycles. The van der Waals surface area contributed by atoms with E-state index < -0.39 is 0 Å². The second kappa shape index (κ2) is 11.6. The minimum Gasteiger partial charge on any atom is -0.444 e. The van der Waals surface area contributed by atoms with Crippen LogP contribution >= 0.6 is 24.0 Å². The van der Waals surface area contributed by atoms with E-state index in [2.05, 4.69) is 54.4 Å². The average molecular weight is 508 g/mol. The van der Waals surface area contributed by atoms with Crippen LogP contribution in [0.2, 0.25) is 0 Å². The summed E-state index contributed by atoms with van der Waals surface area (Å²) in [7, 11) is 0. The summed E-state index contributed by atoms with van der Waals surface area (Å²) in [6.07, 6.45) is 4.68. The van der Waals surface area contributed by atoms with Gasteiger partial charge < -0.3 is 19.6 Å². The number of hydrogen-bond donors (Lipinski definition) is 2. The molecule has 0 aliphatic rings. The van der Waals surface area contributed by atoms with E-state index in [1.165, 1.54) is 5.56 Å². The highest BCUT2D eigenvalue weighted by molar-refractivity contribution is 14.0. The van der Waals surface area contributed by atoms with Crippen LogP contribution < -0.4 is 10.6 Å². The van der Waals surface area contributed by atoms with Crippen LogP contribution in [0.25, 0.3) is 0 Å². The molecule has 0 fully saturated rings. The van der Waals surface area contributed by atoms with E-state index in [1.807, 2.05) is 39.2 Å². The highest BCUT2D eigenvalue weighted by atomic mass is 127. The van der Waals surface area contributed by atoms with Gasteiger partial charge in [-0.25, -0.2) is 15.0 Å². The lowest BCUT2D eigenvalue weighted by molar-refractivity contribution is 0.473. The molecule has 3 rings (SSSR count). The van der Waals surface area contributed by atoms with Gasteiger partial charge in [0.25, 0.3) is 0 Å². The predicted molar refractivity (Wildman–Crippen MR) is 126 cm³/mol. The summed E-state index contributed by atoms with van der Waals surface area (Å²) in [5.74, 6) is 3.27. The highest BCUT2D eigenvalue weighted by Gasteiger charge is 2.07. The predicted octanol–water partition coefficient (Wildman–Crippen LogP) is 3.45. The SMILES string of the molecule is CCNC(=NCc1nc(C)c(C)o1)NCCc1nccn1Cc1ccccc1.I. The summed E-state index contributed by atoms with van der Waals surface area (Å²) in [4.78, 5) is 13.4. The van der Waals surface area contributed by atoms with E-state index in [-0.39, 0.29) is 24.0 Å².